The van der Waals surface area contributed by atoms with Crippen LogP contribution in [0.4, 0.5) is 5.82 Å². The molecule has 0 saturated carbocycles. The van der Waals surface area contributed by atoms with E-state index in [1.165, 1.54) is 0 Å². The number of nitrogen functional groups attached to an aromatic ring is 1. The molecule has 0 saturated heterocycles. The highest BCUT2D eigenvalue weighted by Crippen LogP contribution is 2.20. The summed E-state index contributed by atoms with van der Waals surface area (Å²) in [4.78, 5) is 8.86. The highest BCUT2D eigenvalue weighted by atomic mass is 15.3. The van der Waals surface area contributed by atoms with Crippen molar-refractivity contribution in [3.63, 3.8) is 0 Å². The summed E-state index contributed by atoms with van der Waals surface area (Å²) in [5.74, 6) is 6.76. The zero-order valence-electron chi connectivity index (χ0n) is 10.9. The molecule has 6 heteroatoms. The predicted octanol–water partition coefficient (Wildman–Crippen LogP) is 1.65. The van der Waals surface area contributed by atoms with Crippen LogP contribution < -0.4 is 11.3 Å². The van der Waals surface area contributed by atoms with Gasteiger partial charge in [0.25, 0.3) is 0 Å². The fourth-order valence-corrected chi connectivity index (χ4v) is 1.73. The van der Waals surface area contributed by atoms with E-state index in [9.17, 15) is 0 Å². The number of anilines is 1. The predicted molar refractivity (Wildman–Crippen MR) is 70.8 cm³/mol. The summed E-state index contributed by atoms with van der Waals surface area (Å²) >= 11 is 0. The smallest absolute Gasteiger partial charge is 0.165 e. The van der Waals surface area contributed by atoms with E-state index in [0.717, 1.165) is 29.8 Å². The zero-order valence-corrected chi connectivity index (χ0v) is 10.9. The number of aromatic nitrogens is 4. The van der Waals surface area contributed by atoms with Crippen molar-refractivity contribution in [2.45, 2.75) is 33.7 Å². The Bertz CT molecular complexity index is 545. The molecule has 0 aliphatic carbocycles. The molecular weight excluding hydrogens is 228 g/mol. The highest BCUT2D eigenvalue weighted by molar-refractivity contribution is 5.57. The van der Waals surface area contributed by atoms with Crippen molar-refractivity contribution in [2.24, 2.45) is 5.84 Å². The summed E-state index contributed by atoms with van der Waals surface area (Å²) < 4.78 is 1.89. The molecule has 0 atom stereocenters. The van der Waals surface area contributed by atoms with Crippen molar-refractivity contribution in [2.75, 3.05) is 5.43 Å². The maximum atomic E-state index is 5.46. The van der Waals surface area contributed by atoms with E-state index in [2.05, 4.69) is 27.4 Å². The Morgan fingerprint density at radius 1 is 1.33 bits per heavy atom. The Hall–Kier alpha value is -1.95. The van der Waals surface area contributed by atoms with Gasteiger partial charge in [-0.1, -0.05) is 6.92 Å². The SMILES string of the molecule is CCCn1cc(-c2nc(C)c(C)c(NN)n2)cn1. The van der Waals surface area contributed by atoms with E-state index in [-0.39, 0.29) is 0 Å². The van der Waals surface area contributed by atoms with Gasteiger partial charge in [0.2, 0.25) is 0 Å². The minimum atomic E-state index is 0.647. The average molecular weight is 246 g/mol. The van der Waals surface area contributed by atoms with Gasteiger partial charge in [0.1, 0.15) is 5.82 Å². The van der Waals surface area contributed by atoms with E-state index in [0.29, 0.717) is 11.6 Å². The number of hydrogen-bond donors (Lipinski definition) is 2. The first kappa shape index (κ1) is 12.5. The molecule has 0 unspecified atom stereocenters. The zero-order chi connectivity index (χ0) is 13.1. The van der Waals surface area contributed by atoms with Gasteiger partial charge in [0.05, 0.1) is 11.8 Å². The van der Waals surface area contributed by atoms with Gasteiger partial charge in [-0.05, 0) is 20.3 Å². The highest BCUT2D eigenvalue weighted by Gasteiger charge is 2.10. The van der Waals surface area contributed by atoms with Crippen LogP contribution in [0.25, 0.3) is 11.4 Å². The van der Waals surface area contributed by atoms with Crippen molar-refractivity contribution in [3.8, 4) is 11.4 Å². The Labute approximate surface area is 106 Å². The minimum absolute atomic E-state index is 0.647. The maximum Gasteiger partial charge on any atom is 0.165 e. The van der Waals surface area contributed by atoms with E-state index in [4.69, 9.17) is 5.84 Å². The number of rotatable bonds is 4. The largest absolute Gasteiger partial charge is 0.308 e. The van der Waals surface area contributed by atoms with Gasteiger partial charge in [0.15, 0.2) is 5.82 Å². The number of aryl methyl sites for hydroxylation is 2. The van der Waals surface area contributed by atoms with Gasteiger partial charge >= 0.3 is 0 Å². The van der Waals surface area contributed by atoms with Crippen LogP contribution in [0.1, 0.15) is 24.6 Å². The Balaban J connectivity index is 2.40. The van der Waals surface area contributed by atoms with Crippen LogP contribution >= 0.6 is 0 Å². The van der Waals surface area contributed by atoms with Gasteiger partial charge in [-0.2, -0.15) is 5.10 Å². The molecular formula is C12H18N6. The fourth-order valence-electron chi connectivity index (χ4n) is 1.73. The molecule has 2 rings (SSSR count). The number of hydrazine groups is 1. The van der Waals surface area contributed by atoms with Crippen molar-refractivity contribution in [3.05, 3.63) is 23.7 Å². The fraction of sp³-hybridized carbons (Fsp3) is 0.417. The van der Waals surface area contributed by atoms with Crippen LogP contribution in [-0.2, 0) is 6.54 Å². The van der Waals surface area contributed by atoms with Crippen LogP contribution in [-0.4, -0.2) is 19.7 Å². The summed E-state index contributed by atoms with van der Waals surface area (Å²) in [5, 5.41) is 4.27. The lowest BCUT2D eigenvalue weighted by atomic mass is 10.2. The molecule has 0 fully saturated rings. The summed E-state index contributed by atoms with van der Waals surface area (Å²) in [5.41, 5.74) is 5.38. The number of nitrogens with zero attached hydrogens (tertiary/aromatic N) is 4. The van der Waals surface area contributed by atoms with Gasteiger partial charge in [-0.3, -0.25) is 4.68 Å². The van der Waals surface area contributed by atoms with Crippen molar-refractivity contribution in [1.29, 1.82) is 0 Å². The molecule has 3 N–H and O–H groups in total. The molecule has 0 aromatic carbocycles. The lowest BCUT2D eigenvalue weighted by Gasteiger charge is -2.08. The van der Waals surface area contributed by atoms with Crippen LogP contribution in [0.2, 0.25) is 0 Å². The molecule has 2 heterocycles. The molecule has 0 spiro atoms. The van der Waals surface area contributed by atoms with Gasteiger partial charge < -0.3 is 5.43 Å². The third-order valence-corrected chi connectivity index (χ3v) is 2.87. The number of nitrogens with one attached hydrogen (secondary N) is 1. The third-order valence-electron chi connectivity index (χ3n) is 2.87. The third kappa shape index (κ3) is 2.33. The Morgan fingerprint density at radius 3 is 2.78 bits per heavy atom. The number of hydrogen-bond acceptors (Lipinski definition) is 5. The van der Waals surface area contributed by atoms with E-state index < -0.39 is 0 Å². The Morgan fingerprint density at radius 2 is 2.11 bits per heavy atom. The quantitative estimate of drug-likeness (QED) is 0.633. The van der Waals surface area contributed by atoms with Crippen LogP contribution in [0.5, 0.6) is 0 Å². The lowest BCUT2D eigenvalue weighted by Crippen LogP contribution is -2.12. The molecule has 0 amide bonds. The van der Waals surface area contributed by atoms with Gasteiger partial charge in [-0.25, -0.2) is 15.8 Å². The summed E-state index contributed by atoms with van der Waals surface area (Å²) in [6.45, 7) is 6.89. The molecule has 18 heavy (non-hydrogen) atoms. The maximum absolute atomic E-state index is 5.46. The van der Waals surface area contributed by atoms with Crippen molar-refractivity contribution in [1.82, 2.24) is 19.7 Å². The second kappa shape index (κ2) is 5.14. The lowest BCUT2D eigenvalue weighted by molar-refractivity contribution is 0.603. The van der Waals surface area contributed by atoms with Gasteiger partial charge in [0, 0.05) is 24.0 Å². The van der Waals surface area contributed by atoms with E-state index in [1.54, 1.807) is 6.20 Å². The van der Waals surface area contributed by atoms with E-state index >= 15 is 0 Å². The molecule has 0 aliphatic rings. The van der Waals surface area contributed by atoms with Gasteiger partial charge in [-0.15, -0.1) is 0 Å². The molecule has 2 aromatic rings. The van der Waals surface area contributed by atoms with E-state index in [1.807, 2.05) is 24.7 Å². The van der Waals surface area contributed by atoms with Crippen LogP contribution in [0.3, 0.4) is 0 Å². The average Bonchev–Trinajstić information content (AvgIpc) is 2.81. The normalized spacial score (nSPS) is 10.7. The minimum Gasteiger partial charge on any atom is -0.308 e. The first-order chi connectivity index (χ1) is 8.65. The number of nitrogens with two attached hydrogens (primary N) is 1. The van der Waals surface area contributed by atoms with Crippen LogP contribution in [0.15, 0.2) is 12.4 Å². The summed E-state index contributed by atoms with van der Waals surface area (Å²) in [6, 6.07) is 0. The summed E-state index contributed by atoms with van der Waals surface area (Å²) in [6.07, 6.45) is 4.78. The van der Waals surface area contributed by atoms with Crippen LogP contribution in [0, 0.1) is 13.8 Å². The molecule has 0 radical (unpaired) electrons. The second-order valence-electron chi connectivity index (χ2n) is 4.24. The molecule has 96 valence electrons. The van der Waals surface area contributed by atoms with Crippen molar-refractivity contribution < 1.29 is 0 Å². The first-order valence-electron chi connectivity index (χ1n) is 6.00. The Kier molecular flexibility index (Phi) is 3.57. The summed E-state index contributed by atoms with van der Waals surface area (Å²) in [7, 11) is 0. The standard InChI is InChI=1S/C12H18N6/c1-4-5-18-7-10(6-14-18)12-15-9(3)8(2)11(16-12)17-13/h6-7H,4-5,13H2,1-3H3,(H,15,16,17). The van der Waals surface area contributed by atoms with Crippen molar-refractivity contribution >= 4 is 5.82 Å². The topological polar surface area (TPSA) is 81.7 Å². The monoisotopic (exact) mass is 246 g/mol. The first-order valence-corrected chi connectivity index (χ1v) is 6.00. The molecule has 6 nitrogen and oxygen atoms in total. The second-order valence-corrected chi connectivity index (χ2v) is 4.24. The molecule has 0 bridgehead atoms. The molecule has 0 aliphatic heterocycles. The molecule has 2 aromatic heterocycles.